The lowest BCUT2D eigenvalue weighted by atomic mass is 9.86. The summed E-state index contributed by atoms with van der Waals surface area (Å²) in [6.07, 6.45) is 0. The van der Waals surface area contributed by atoms with Gasteiger partial charge in [-0.2, -0.15) is 0 Å². The molecule has 0 aliphatic heterocycles. The van der Waals surface area contributed by atoms with Gasteiger partial charge in [0.2, 0.25) is 0 Å². The molecule has 4 rings (SSSR count). The average Bonchev–Trinajstić information content (AvgIpc) is 2.66. The van der Waals surface area contributed by atoms with E-state index in [1.165, 1.54) is 5.56 Å². The Balaban J connectivity index is 2.18. The number of aryl methyl sites for hydroxylation is 1. The fourth-order valence-electron chi connectivity index (χ4n) is 3.44. The predicted octanol–water partition coefficient (Wildman–Crippen LogP) is 6.19. The highest BCUT2D eigenvalue weighted by molar-refractivity contribution is 6.05. The van der Waals surface area contributed by atoms with Crippen molar-refractivity contribution >= 4 is 10.8 Å². The van der Waals surface area contributed by atoms with Gasteiger partial charge in [-0.05, 0) is 34.6 Å². The van der Waals surface area contributed by atoms with Crippen LogP contribution in [0.25, 0.3) is 33.0 Å². The number of rotatable bonds is 2. The Morgan fingerprint density at radius 3 is 1.58 bits per heavy atom. The van der Waals surface area contributed by atoms with E-state index in [0.717, 1.165) is 33.0 Å². The van der Waals surface area contributed by atoms with E-state index in [1.54, 1.807) is 0 Å². The van der Waals surface area contributed by atoms with Crippen LogP contribution < -0.4 is 0 Å². The van der Waals surface area contributed by atoms with Gasteiger partial charge >= 0.3 is 0 Å². The van der Waals surface area contributed by atoms with Crippen LogP contribution in [0.3, 0.4) is 0 Å². The summed E-state index contributed by atoms with van der Waals surface area (Å²) < 4.78 is 0. The molecule has 0 bridgehead atoms. The van der Waals surface area contributed by atoms with E-state index in [4.69, 9.17) is 0 Å². The minimum atomic E-state index is 0.348. The molecule has 4 aromatic rings. The van der Waals surface area contributed by atoms with Crippen LogP contribution >= 0.6 is 0 Å². The molecule has 0 amide bonds. The maximum Gasteiger partial charge on any atom is 0.131 e. The Labute approximate surface area is 141 Å². The minimum absolute atomic E-state index is 0.348. The fourth-order valence-corrected chi connectivity index (χ4v) is 3.44. The van der Waals surface area contributed by atoms with E-state index in [9.17, 15) is 5.11 Å². The normalized spacial score (nSPS) is 10.9. The van der Waals surface area contributed by atoms with E-state index in [1.807, 2.05) is 54.6 Å². The lowest BCUT2D eigenvalue weighted by Gasteiger charge is -2.18. The predicted molar refractivity (Wildman–Crippen MR) is 101 cm³/mol. The van der Waals surface area contributed by atoms with Crippen molar-refractivity contribution in [1.82, 2.24) is 0 Å². The zero-order valence-corrected chi connectivity index (χ0v) is 13.5. The maximum atomic E-state index is 11.1. The molecule has 0 aliphatic carbocycles. The van der Waals surface area contributed by atoms with Crippen LogP contribution in [0.2, 0.25) is 0 Å². The van der Waals surface area contributed by atoms with Crippen molar-refractivity contribution in [2.24, 2.45) is 0 Å². The molecule has 1 N–H and O–H groups in total. The summed E-state index contributed by atoms with van der Waals surface area (Å²) in [4.78, 5) is 0. The number of hydrogen-bond donors (Lipinski definition) is 1. The SMILES string of the molecule is Cc1c(-c2ccccc2)c(-c2ccccc2)c(O)c2ccccc12. The van der Waals surface area contributed by atoms with Crippen LogP contribution in [-0.4, -0.2) is 5.11 Å². The van der Waals surface area contributed by atoms with Gasteiger partial charge in [-0.1, -0.05) is 84.9 Å². The molecular formula is C23H18O. The number of hydrogen-bond acceptors (Lipinski definition) is 1. The lowest BCUT2D eigenvalue weighted by Crippen LogP contribution is -1.93. The van der Waals surface area contributed by atoms with Gasteiger partial charge in [0.25, 0.3) is 0 Å². The Morgan fingerprint density at radius 1 is 0.542 bits per heavy atom. The Hall–Kier alpha value is -3.06. The van der Waals surface area contributed by atoms with E-state index in [-0.39, 0.29) is 0 Å². The molecule has 0 aromatic heterocycles. The largest absolute Gasteiger partial charge is 0.507 e. The van der Waals surface area contributed by atoms with E-state index < -0.39 is 0 Å². The van der Waals surface area contributed by atoms with Gasteiger partial charge < -0.3 is 5.11 Å². The monoisotopic (exact) mass is 310 g/mol. The average molecular weight is 310 g/mol. The van der Waals surface area contributed by atoms with Crippen LogP contribution in [0.1, 0.15) is 5.56 Å². The van der Waals surface area contributed by atoms with Crippen molar-refractivity contribution in [3.63, 3.8) is 0 Å². The highest BCUT2D eigenvalue weighted by Crippen LogP contribution is 2.45. The molecule has 0 saturated heterocycles. The van der Waals surface area contributed by atoms with E-state index in [2.05, 4.69) is 37.3 Å². The Kier molecular flexibility index (Phi) is 3.55. The van der Waals surface area contributed by atoms with Crippen molar-refractivity contribution in [2.75, 3.05) is 0 Å². The van der Waals surface area contributed by atoms with Gasteiger partial charge in [0.05, 0.1) is 0 Å². The van der Waals surface area contributed by atoms with Crippen molar-refractivity contribution in [2.45, 2.75) is 6.92 Å². The van der Waals surface area contributed by atoms with Gasteiger partial charge in [0.1, 0.15) is 5.75 Å². The molecule has 4 aromatic carbocycles. The summed E-state index contributed by atoms with van der Waals surface area (Å²) in [6, 6.07) is 28.5. The zero-order chi connectivity index (χ0) is 16.5. The summed E-state index contributed by atoms with van der Waals surface area (Å²) in [5, 5.41) is 13.1. The van der Waals surface area contributed by atoms with E-state index in [0.29, 0.717) is 5.75 Å². The van der Waals surface area contributed by atoms with E-state index >= 15 is 0 Å². The van der Waals surface area contributed by atoms with Crippen molar-refractivity contribution < 1.29 is 5.11 Å². The topological polar surface area (TPSA) is 20.2 Å². The summed E-state index contributed by atoms with van der Waals surface area (Å²) in [7, 11) is 0. The zero-order valence-electron chi connectivity index (χ0n) is 13.5. The number of phenolic OH excluding ortho intramolecular Hbond substituents is 1. The fraction of sp³-hybridized carbons (Fsp3) is 0.0435. The van der Waals surface area contributed by atoms with Gasteiger partial charge in [-0.15, -0.1) is 0 Å². The smallest absolute Gasteiger partial charge is 0.131 e. The first-order valence-electron chi connectivity index (χ1n) is 8.12. The summed E-state index contributed by atoms with van der Waals surface area (Å²) >= 11 is 0. The lowest BCUT2D eigenvalue weighted by molar-refractivity contribution is 0.483. The Morgan fingerprint density at radius 2 is 1.00 bits per heavy atom. The molecule has 24 heavy (non-hydrogen) atoms. The molecule has 1 heteroatoms. The maximum absolute atomic E-state index is 11.1. The third-order valence-electron chi connectivity index (χ3n) is 4.57. The first-order chi connectivity index (χ1) is 11.8. The van der Waals surface area contributed by atoms with Crippen molar-refractivity contribution in [3.8, 4) is 28.0 Å². The number of phenols is 1. The van der Waals surface area contributed by atoms with Gasteiger partial charge in [0.15, 0.2) is 0 Å². The summed E-state index contributed by atoms with van der Waals surface area (Å²) in [5.74, 6) is 0.348. The summed E-state index contributed by atoms with van der Waals surface area (Å²) in [5.41, 5.74) is 5.34. The van der Waals surface area contributed by atoms with Crippen LogP contribution in [0.4, 0.5) is 0 Å². The van der Waals surface area contributed by atoms with Crippen LogP contribution in [0.15, 0.2) is 84.9 Å². The first kappa shape index (κ1) is 14.5. The van der Waals surface area contributed by atoms with Gasteiger partial charge in [0, 0.05) is 10.9 Å². The third-order valence-corrected chi connectivity index (χ3v) is 4.57. The van der Waals surface area contributed by atoms with Crippen LogP contribution in [-0.2, 0) is 0 Å². The molecule has 0 radical (unpaired) electrons. The van der Waals surface area contributed by atoms with Crippen LogP contribution in [0.5, 0.6) is 5.75 Å². The van der Waals surface area contributed by atoms with Crippen LogP contribution in [0, 0.1) is 6.92 Å². The minimum Gasteiger partial charge on any atom is -0.507 e. The standard InChI is InChI=1S/C23H18O/c1-16-19-14-8-9-15-20(19)23(24)22(18-12-6-3-7-13-18)21(16)17-10-4-2-5-11-17/h2-15,24H,1H3. The van der Waals surface area contributed by atoms with Crippen molar-refractivity contribution in [1.29, 1.82) is 0 Å². The highest BCUT2D eigenvalue weighted by atomic mass is 16.3. The summed E-state index contributed by atoms with van der Waals surface area (Å²) in [6.45, 7) is 2.14. The molecule has 0 fully saturated rings. The van der Waals surface area contributed by atoms with Gasteiger partial charge in [-0.25, -0.2) is 0 Å². The molecule has 116 valence electrons. The molecule has 0 saturated carbocycles. The molecule has 0 spiro atoms. The molecular weight excluding hydrogens is 292 g/mol. The molecule has 1 nitrogen and oxygen atoms in total. The highest BCUT2D eigenvalue weighted by Gasteiger charge is 2.19. The molecule has 0 unspecified atom stereocenters. The third kappa shape index (κ3) is 2.26. The quantitative estimate of drug-likeness (QED) is 0.468. The second kappa shape index (κ2) is 5.86. The molecule has 0 aliphatic rings. The molecule has 0 atom stereocenters. The second-order valence-corrected chi connectivity index (χ2v) is 6.00. The van der Waals surface area contributed by atoms with Gasteiger partial charge in [-0.3, -0.25) is 0 Å². The second-order valence-electron chi connectivity index (χ2n) is 6.00. The first-order valence-corrected chi connectivity index (χ1v) is 8.12. The Bertz CT molecular complexity index is 918. The van der Waals surface area contributed by atoms with Crippen molar-refractivity contribution in [3.05, 3.63) is 90.5 Å². The molecule has 0 heterocycles. The number of aromatic hydroxyl groups is 1. The number of fused-ring (bicyclic) bond motifs is 1. The number of benzene rings is 4.